The van der Waals surface area contributed by atoms with Gasteiger partial charge in [-0.15, -0.1) is 0 Å². The topological polar surface area (TPSA) is 37.4 Å². The maximum atomic E-state index is 13.4. The zero-order chi connectivity index (χ0) is 17.5. The molecule has 3 nitrogen and oxygen atoms in total. The average molecular weight is 400 g/mol. The second-order valence-corrected chi connectivity index (χ2v) is 8.86. The average Bonchev–Trinajstić information content (AvgIpc) is 3.39. The molecule has 6 atom stereocenters. The van der Waals surface area contributed by atoms with Gasteiger partial charge in [0.25, 0.3) is 0 Å². The maximum absolute atomic E-state index is 13.4. The van der Waals surface area contributed by atoms with Crippen LogP contribution in [0.1, 0.15) is 31.4 Å². The smallest absolute Gasteiger partial charge is 0.238 e. The summed E-state index contributed by atoms with van der Waals surface area (Å²) in [5, 5.41) is 0. The van der Waals surface area contributed by atoms with Crippen LogP contribution in [0.25, 0.3) is 0 Å². The molecular weight excluding hydrogens is 378 g/mol. The monoisotopic (exact) mass is 399 g/mol. The molecule has 1 aromatic rings. The molecule has 2 amide bonds. The second-order valence-electron chi connectivity index (χ2n) is 7.95. The van der Waals surface area contributed by atoms with E-state index in [1.54, 1.807) is 4.90 Å². The maximum Gasteiger partial charge on any atom is 0.238 e. The molecule has 5 aliphatic rings. The fourth-order valence-corrected chi connectivity index (χ4v) is 6.27. The van der Waals surface area contributed by atoms with Crippen LogP contribution >= 0.6 is 15.9 Å². The summed E-state index contributed by atoms with van der Waals surface area (Å²) in [7, 11) is 0. The fraction of sp³-hybridized carbons (Fsp3) is 0.524. The molecule has 1 aromatic carbocycles. The van der Waals surface area contributed by atoms with Crippen LogP contribution < -0.4 is 4.90 Å². The first-order chi connectivity index (χ1) is 12.1. The molecule has 25 heavy (non-hydrogen) atoms. The number of aryl methyl sites for hydroxylation is 2. The summed E-state index contributed by atoms with van der Waals surface area (Å²) in [6, 6.07) is 4.11. The summed E-state index contributed by atoms with van der Waals surface area (Å²) in [4.78, 5) is 28.3. The number of imide groups is 1. The van der Waals surface area contributed by atoms with E-state index in [1.807, 2.05) is 0 Å². The Morgan fingerprint density at radius 3 is 1.88 bits per heavy atom. The summed E-state index contributed by atoms with van der Waals surface area (Å²) >= 11 is 3.57. The van der Waals surface area contributed by atoms with Crippen LogP contribution in [0.4, 0.5) is 5.69 Å². The second kappa shape index (κ2) is 5.29. The third-order valence-corrected chi connectivity index (χ3v) is 7.34. The normalized spacial score (nSPS) is 37.5. The highest BCUT2D eigenvalue weighted by Crippen LogP contribution is 2.65. The molecule has 2 bridgehead atoms. The fourth-order valence-electron chi connectivity index (χ4n) is 5.72. The van der Waals surface area contributed by atoms with Gasteiger partial charge in [-0.05, 0) is 66.2 Å². The minimum absolute atomic E-state index is 0.0476. The molecule has 0 aromatic heterocycles. The van der Waals surface area contributed by atoms with Gasteiger partial charge in [0.05, 0.1) is 17.5 Å². The highest BCUT2D eigenvalue weighted by molar-refractivity contribution is 9.10. The zero-order valence-electron chi connectivity index (χ0n) is 14.5. The van der Waals surface area contributed by atoms with E-state index in [0.29, 0.717) is 11.8 Å². The summed E-state index contributed by atoms with van der Waals surface area (Å²) in [5.74, 6) is 1.72. The van der Waals surface area contributed by atoms with Gasteiger partial charge in [0, 0.05) is 4.47 Å². The van der Waals surface area contributed by atoms with Crippen molar-refractivity contribution in [3.63, 3.8) is 0 Å². The van der Waals surface area contributed by atoms with Gasteiger partial charge in [0.1, 0.15) is 0 Å². The number of carbonyl (C=O) groups is 2. The van der Waals surface area contributed by atoms with Crippen LogP contribution in [0.15, 0.2) is 28.8 Å². The van der Waals surface area contributed by atoms with E-state index in [9.17, 15) is 9.59 Å². The molecule has 0 spiro atoms. The van der Waals surface area contributed by atoms with E-state index in [4.69, 9.17) is 0 Å². The van der Waals surface area contributed by atoms with Gasteiger partial charge < -0.3 is 0 Å². The highest BCUT2D eigenvalue weighted by Gasteiger charge is 2.67. The van der Waals surface area contributed by atoms with Crippen molar-refractivity contribution in [2.24, 2.45) is 35.5 Å². The summed E-state index contributed by atoms with van der Waals surface area (Å²) in [6.07, 6.45) is 7.29. The third-order valence-electron chi connectivity index (χ3n) is 6.88. The Morgan fingerprint density at radius 1 is 0.960 bits per heavy atom. The van der Waals surface area contributed by atoms with Crippen LogP contribution in [-0.4, -0.2) is 11.8 Å². The molecule has 0 N–H and O–H groups in total. The Bertz CT molecular complexity index is 768. The number of amides is 2. The van der Waals surface area contributed by atoms with Crippen molar-refractivity contribution in [3.05, 3.63) is 39.9 Å². The van der Waals surface area contributed by atoms with Crippen LogP contribution in [0.2, 0.25) is 0 Å². The van der Waals surface area contributed by atoms with Crippen LogP contribution in [-0.2, 0) is 22.4 Å². The number of hydrogen-bond acceptors (Lipinski definition) is 2. The minimum atomic E-state index is -0.121. The minimum Gasteiger partial charge on any atom is -0.274 e. The Kier molecular flexibility index (Phi) is 3.35. The number of halogens is 1. The first kappa shape index (κ1) is 15.8. The lowest BCUT2D eigenvalue weighted by Crippen LogP contribution is -2.40. The Labute approximate surface area is 156 Å². The van der Waals surface area contributed by atoms with E-state index in [0.717, 1.165) is 34.1 Å². The Morgan fingerprint density at radius 2 is 1.44 bits per heavy atom. The predicted molar refractivity (Wildman–Crippen MR) is 100 cm³/mol. The number of anilines is 1. The number of benzene rings is 1. The van der Waals surface area contributed by atoms with Crippen molar-refractivity contribution in [1.82, 2.24) is 0 Å². The van der Waals surface area contributed by atoms with Crippen LogP contribution in [0, 0.1) is 35.5 Å². The standard InChI is InChI=1S/C21H22BrNO2/c1-3-10-7-12(22)8-11(4-2)19(10)23-20(24)17-13-5-6-14(16-9-15(13)16)18(17)21(23)25/h5-8,13-18H,3-4,9H2,1-2H3. The Balaban J connectivity index is 1.63. The SMILES string of the molecule is CCc1cc(Br)cc(CC)c1N1C(=O)C2C3C=CC(C4CC34)C2C1=O. The van der Waals surface area contributed by atoms with Crippen LogP contribution in [0.3, 0.4) is 0 Å². The number of nitrogens with zero attached hydrogens (tertiary/aromatic N) is 1. The number of carbonyl (C=O) groups excluding carboxylic acids is 2. The molecule has 0 radical (unpaired) electrons. The summed E-state index contributed by atoms with van der Waals surface area (Å²) in [6.45, 7) is 4.17. The van der Waals surface area contributed by atoms with E-state index in [-0.39, 0.29) is 35.5 Å². The summed E-state index contributed by atoms with van der Waals surface area (Å²) in [5.41, 5.74) is 3.03. The molecule has 1 heterocycles. The number of allylic oxidation sites excluding steroid dienone is 2. The molecule has 2 saturated carbocycles. The molecule has 4 heteroatoms. The third kappa shape index (κ3) is 1.98. The highest BCUT2D eigenvalue weighted by atomic mass is 79.9. The van der Waals surface area contributed by atoms with Crippen LogP contribution in [0.5, 0.6) is 0 Å². The largest absolute Gasteiger partial charge is 0.274 e. The number of hydrogen-bond donors (Lipinski definition) is 0. The molecule has 6 unspecified atom stereocenters. The van der Waals surface area contributed by atoms with Gasteiger partial charge in [-0.1, -0.05) is 41.9 Å². The first-order valence-electron chi connectivity index (χ1n) is 9.44. The van der Waals surface area contributed by atoms with Gasteiger partial charge in [-0.25, -0.2) is 4.90 Å². The molecular formula is C21H22BrNO2. The van der Waals surface area contributed by atoms with Gasteiger partial charge >= 0.3 is 0 Å². The quantitative estimate of drug-likeness (QED) is 0.565. The van der Waals surface area contributed by atoms with Crippen molar-refractivity contribution >= 4 is 33.4 Å². The van der Waals surface area contributed by atoms with E-state index >= 15 is 0 Å². The lowest BCUT2D eigenvalue weighted by atomic mass is 9.63. The lowest BCUT2D eigenvalue weighted by Gasteiger charge is -2.37. The summed E-state index contributed by atoms with van der Waals surface area (Å²) < 4.78 is 1.02. The van der Waals surface area contributed by atoms with E-state index in [2.05, 4.69) is 54.1 Å². The van der Waals surface area contributed by atoms with E-state index < -0.39 is 0 Å². The molecule has 4 aliphatic carbocycles. The predicted octanol–water partition coefficient (Wildman–Crippen LogP) is 4.13. The lowest BCUT2D eigenvalue weighted by molar-refractivity contribution is -0.124. The molecule has 1 saturated heterocycles. The molecule has 6 rings (SSSR count). The van der Waals surface area contributed by atoms with Crippen molar-refractivity contribution in [2.75, 3.05) is 4.90 Å². The van der Waals surface area contributed by atoms with Crippen molar-refractivity contribution < 1.29 is 9.59 Å². The molecule has 1 aliphatic heterocycles. The first-order valence-corrected chi connectivity index (χ1v) is 10.2. The van der Waals surface area contributed by atoms with Gasteiger partial charge in [0.15, 0.2) is 0 Å². The van der Waals surface area contributed by atoms with Crippen molar-refractivity contribution in [1.29, 1.82) is 0 Å². The van der Waals surface area contributed by atoms with Crippen molar-refractivity contribution in [3.8, 4) is 0 Å². The van der Waals surface area contributed by atoms with Gasteiger partial charge in [-0.2, -0.15) is 0 Å². The van der Waals surface area contributed by atoms with Crippen molar-refractivity contribution in [2.45, 2.75) is 33.1 Å². The number of rotatable bonds is 3. The molecule has 130 valence electrons. The Hall–Kier alpha value is -1.42. The van der Waals surface area contributed by atoms with Gasteiger partial charge in [-0.3, -0.25) is 9.59 Å². The van der Waals surface area contributed by atoms with E-state index in [1.165, 1.54) is 6.42 Å². The molecule has 3 fully saturated rings. The van der Waals surface area contributed by atoms with Gasteiger partial charge in [0.2, 0.25) is 11.8 Å². The zero-order valence-corrected chi connectivity index (χ0v) is 16.1.